The lowest BCUT2D eigenvalue weighted by Gasteiger charge is -2.15. The molecule has 4 heteroatoms. The fourth-order valence-electron chi connectivity index (χ4n) is 1.27. The maximum atomic E-state index is 5.66. The Morgan fingerprint density at radius 3 is 2.75 bits per heavy atom. The van der Waals surface area contributed by atoms with Crippen LogP contribution >= 0.6 is 12.2 Å². The van der Waals surface area contributed by atoms with Crippen LogP contribution in [0.1, 0.15) is 12.5 Å². The fourth-order valence-corrected chi connectivity index (χ4v) is 1.43. The summed E-state index contributed by atoms with van der Waals surface area (Å²) in [5.74, 6) is 0.763. The van der Waals surface area contributed by atoms with Gasteiger partial charge in [0.15, 0.2) is 0 Å². The summed E-state index contributed by atoms with van der Waals surface area (Å²) < 4.78 is 5.66. The zero-order chi connectivity index (χ0) is 12.0. The van der Waals surface area contributed by atoms with Crippen LogP contribution in [0.3, 0.4) is 0 Å². The van der Waals surface area contributed by atoms with Crippen molar-refractivity contribution in [1.82, 2.24) is 4.90 Å². The second-order valence-electron chi connectivity index (χ2n) is 3.60. The van der Waals surface area contributed by atoms with Crippen molar-refractivity contribution in [1.29, 1.82) is 0 Å². The fraction of sp³-hybridized carbons (Fsp3) is 0.417. The Morgan fingerprint density at radius 1 is 1.44 bits per heavy atom. The van der Waals surface area contributed by atoms with Gasteiger partial charge in [-0.2, -0.15) is 0 Å². The summed E-state index contributed by atoms with van der Waals surface area (Å²) in [6, 6.07) is 7.59. The van der Waals surface area contributed by atoms with Gasteiger partial charge in [0.25, 0.3) is 0 Å². The minimum absolute atomic E-state index is 0.374. The van der Waals surface area contributed by atoms with Crippen LogP contribution < -0.4 is 10.5 Å². The number of rotatable bonds is 6. The molecule has 1 aromatic carbocycles. The molecule has 16 heavy (non-hydrogen) atoms. The molecule has 0 spiro atoms. The number of likely N-dealkylation sites (N-methyl/N-ethyl adjacent to an activating group) is 1. The monoisotopic (exact) mass is 238 g/mol. The van der Waals surface area contributed by atoms with E-state index in [0.717, 1.165) is 24.4 Å². The highest BCUT2D eigenvalue weighted by Gasteiger charge is 2.05. The Kier molecular flexibility index (Phi) is 5.22. The van der Waals surface area contributed by atoms with Gasteiger partial charge in [0.05, 0.1) is 5.56 Å². The normalized spacial score (nSPS) is 10.4. The highest BCUT2D eigenvalue weighted by atomic mass is 32.1. The SMILES string of the molecule is CCN(C)CCOc1ccccc1C(N)=S. The lowest BCUT2D eigenvalue weighted by Crippen LogP contribution is -2.24. The number of nitrogens with zero attached hydrogens (tertiary/aromatic N) is 1. The van der Waals surface area contributed by atoms with Gasteiger partial charge in [0, 0.05) is 6.54 Å². The van der Waals surface area contributed by atoms with E-state index in [1.54, 1.807) is 0 Å². The number of benzene rings is 1. The Balaban J connectivity index is 2.56. The van der Waals surface area contributed by atoms with E-state index < -0.39 is 0 Å². The molecule has 0 amide bonds. The van der Waals surface area contributed by atoms with Crippen LogP contribution in [-0.2, 0) is 0 Å². The molecule has 3 nitrogen and oxygen atoms in total. The van der Waals surface area contributed by atoms with Crippen molar-refractivity contribution in [2.75, 3.05) is 26.7 Å². The van der Waals surface area contributed by atoms with Crippen molar-refractivity contribution in [3.8, 4) is 5.75 Å². The van der Waals surface area contributed by atoms with Gasteiger partial charge < -0.3 is 15.4 Å². The molecule has 0 atom stereocenters. The van der Waals surface area contributed by atoms with Gasteiger partial charge in [-0.1, -0.05) is 31.3 Å². The van der Waals surface area contributed by atoms with Gasteiger partial charge >= 0.3 is 0 Å². The van der Waals surface area contributed by atoms with Crippen LogP contribution in [0.4, 0.5) is 0 Å². The number of hydrogen-bond acceptors (Lipinski definition) is 3. The first-order valence-electron chi connectivity index (χ1n) is 5.35. The summed E-state index contributed by atoms with van der Waals surface area (Å²) in [7, 11) is 2.06. The van der Waals surface area contributed by atoms with E-state index in [-0.39, 0.29) is 0 Å². The summed E-state index contributed by atoms with van der Waals surface area (Å²) in [6.45, 7) is 4.66. The summed E-state index contributed by atoms with van der Waals surface area (Å²) in [5, 5.41) is 0. The molecule has 0 saturated carbocycles. The molecule has 1 aromatic rings. The van der Waals surface area contributed by atoms with Gasteiger partial charge in [-0.25, -0.2) is 0 Å². The van der Waals surface area contributed by atoms with Gasteiger partial charge in [-0.3, -0.25) is 0 Å². The zero-order valence-corrected chi connectivity index (χ0v) is 10.6. The second kappa shape index (κ2) is 6.45. The first kappa shape index (κ1) is 12.9. The van der Waals surface area contributed by atoms with E-state index in [4.69, 9.17) is 22.7 Å². The lowest BCUT2D eigenvalue weighted by atomic mass is 10.2. The van der Waals surface area contributed by atoms with E-state index in [0.29, 0.717) is 11.6 Å². The third-order valence-corrected chi connectivity index (χ3v) is 2.64. The molecule has 0 aliphatic rings. The first-order valence-corrected chi connectivity index (χ1v) is 5.76. The number of ether oxygens (including phenoxy) is 1. The Hall–Kier alpha value is -1.13. The molecular formula is C12H18N2OS. The Bertz CT molecular complexity index is 355. The third kappa shape index (κ3) is 3.79. The maximum absolute atomic E-state index is 5.66. The summed E-state index contributed by atoms with van der Waals surface area (Å²) in [4.78, 5) is 2.56. The van der Waals surface area contributed by atoms with Gasteiger partial charge in [0.1, 0.15) is 17.3 Å². The highest BCUT2D eigenvalue weighted by Crippen LogP contribution is 2.17. The van der Waals surface area contributed by atoms with E-state index in [9.17, 15) is 0 Å². The summed E-state index contributed by atoms with van der Waals surface area (Å²) >= 11 is 4.96. The molecule has 2 N–H and O–H groups in total. The highest BCUT2D eigenvalue weighted by molar-refractivity contribution is 7.80. The zero-order valence-electron chi connectivity index (χ0n) is 9.77. The molecule has 1 rings (SSSR count). The minimum atomic E-state index is 0.374. The quantitative estimate of drug-likeness (QED) is 0.765. The maximum Gasteiger partial charge on any atom is 0.129 e. The molecule has 0 aromatic heterocycles. The second-order valence-corrected chi connectivity index (χ2v) is 4.04. The molecule has 0 bridgehead atoms. The van der Waals surface area contributed by atoms with Crippen LogP contribution in [0, 0.1) is 0 Å². The standard InChI is InChI=1S/C12H18N2OS/c1-3-14(2)8-9-15-11-7-5-4-6-10(11)12(13)16/h4-7H,3,8-9H2,1-2H3,(H2,13,16). The van der Waals surface area contributed by atoms with Crippen LogP contribution in [0.5, 0.6) is 5.75 Å². The van der Waals surface area contributed by atoms with Crippen molar-refractivity contribution >= 4 is 17.2 Å². The van der Waals surface area contributed by atoms with Crippen LogP contribution in [0.15, 0.2) is 24.3 Å². The van der Waals surface area contributed by atoms with Gasteiger partial charge in [-0.05, 0) is 25.7 Å². The number of para-hydroxylation sites is 1. The van der Waals surface area contributed by atoms with Crippen molar-refractivity contribution < 1.29 is 4.74 Å². The Labute approximate surface area is 102 Å². The Morgan fingerprint density at radius 2 is 2.12 bits per heavy atom. The average molecular weight is 238 g/mol. The summed E-state index contributed by atoms with van der Waals surface area (Å²) in [5.41, 5.74) is 6.42. The van der Waals surface area contributed by atoms with Gasteiger partial charge in [-0.15, -0.1) is 0 Å². The van der Waals surface area contributed by atoms with Gasteiger partial charge in [0.2, 0.25) is 0 Å². The van der Waals surface area contributed by atoms with E-state index >= 15 is 0 Å². The third-order valence-electron chi connectivity index (χ3n) is 2.42. The van der Waals surface area contributed by atoms with E-state index in [1.165, 1.54) is 0 Å². The van der Waals surface area contributed by atoms with Crippen LogP contribution in [0.25, 0.3) is 0 Å². The largest absolute Gasteiger partial charge is 0.492 e. The lowest BCUT2D eigenvalue weighted by molar-refractivity contribution is 0.243. The molecule has 0 fully saturated rings. The number of hydrogen-bond donors (Lipinski definition) is 1. The predicted molar refractivity (Wildman–Crippen MR) is 71.0 cm³/mol. The van der Waals surface area contributed by atoms with Crippen molar-refractivity contribution in [3.05, 3.63) is 29.8 Å². The summed E-state index contributed by atoms with van der Waals surface area (Å²) in [6.07, 6.45) is 0. The van der Waals surface area contributed by atoms with Crippen molar-refractivity contribution in [2.24, 2.45) is 5.73 Å². The molecular weight excluding hydrogens is 220 g/mol. The predicted octanol–water partition coefficient (Wildman–Crippen LogP) is 1.65. The number of nitrogens with two attached hydrogens (primary N) is 1. The van der Waals surface area contributed by atoms with Crippen LogP contribution in [0.2, 0.25) is 0 Å². The first-order chi connectivity index (χ1) is 7.65. The molecule has 0 heterocycles. The van der Waals surface area contributed by atoms with Crippen LogP contribution in [-0.4, -0.2) is 36.6 Å². The molecule has 0 unspecified atom stereocenters. The topological polar surface area (TPSA) is 38.5 Å². The molecule has 0 aliphatic carbocycles. The molecule has 88 valence electrons. The van der Waals surface area contributed by atoms with E-state index in [1.807, 2.05) is 24.3 Å². The van der Waals surface area contributed by atoms with Crippen molar-refractivity contribution in [2.45, 2.75) is 6.92 Å². The smallest absolute Gasteiger partial charge is 0.129 e. The average Bonchev–Trinajstić information content (AvgIpc) is 2.29. The molecule has 0 saturated heterocycles. The van der Waals surface area contributed by atoms with E-state index in [2.05, 4.69) is 18.9 Å². The minimum Gasteiger partial charge on any atom is -0.492 e. The molecule has 0 radical (unpaired) electrons. The number of thiocarbonyl (C=S) groups is 1. The molecule has 0 aliphatic heterocycles. The van der Waals surface area contributed by atoms with Crippen molar-refractivity contribution in [3.63, 3.8) is 0 Å².